The number of aryl methyl sites for hydroxylation is 1. The second-order valence-electron chi connectivity index (χ2n) is 7.92. The van der Waals surface area contributed by atoms with Crippen molar-refractivity contribution in [1.82, 2.24) is 9.80 Å². The fourth-order valence-electron chi connectivity index (χ4n) is 4.23. The maximum atomic E-state index is 13.0. The Labute approximate surface area is 171 Å². The van der Waals surface area contributed by atoms with Crippen molar-refractivity contribution in [3.63, 3.8) is 0 Å². The average Bonchev–Trinajstić information content (AvgIpc) is 2.75. The van der Waals surface area contributed by atoms with Crippen molar-refractivity contribution >= 4 is 11.6 Å². The van der Waals surface area contributed by atoms with E-state index in [9.17, 15) is 14.3 Å². The Kier molecular flexibility index (Phi) is 6.23. The predicted molar refractivity (Wildman–Crippen MR) is 111 cm³/mol. The Bertz CT molecular complexity index is 834. The highest BCUT2D eigenvalue weighted by Gasteiger charge is 2.26. The largest absolute Gasteiger partial charge is 0.387 e. The van der Waals surface area contributed by atoms with Gasteiger partial charge in [0.05, 0.1) is 12.6 Å². The number of fused-ring (bicyclic) bond motifs is 1. The molecule has 1 amide bonds. The number of halogens is 1. The van der Waals surface area contributed by atoms with Crippen molar-refractivity contribution in [3.05, 3.63) is 65.5 Å². The van der Waals surface area contributed by atoms with Crippen LogP contribution in [0.15, 0.2) is 48.5 Å². The van der Waals surface area contributed by atoms with Crippen LogP contribution in [0.25, 0.3) is 0 Å². The molecule has 0 saturated carbocycles. The standard InChI is InChI=1S/C23H28FN3O2/c24-20-9-7-19(8-10-20)22(28)16-25-12-14-26(15-13-25)17-23(29)27-11-3-5-18-4-1-2-6-21(18)27/h1-2,4,6-10,22,28H,3,5,11-17H2. The van der Waals surface area contributed by atoms with Crippen molar-refractivity contribution in [3.8, 4) is 0 Å². The maximum Gasteiger partial charge on any atom is 0.241 e. The molecule has 0 aliphatic carbocycles. The molecule has 6 heteroatoms. The summed E-state index contributed by atoms with van der Waals surface area (Å²) in [5, 5.41) is 10.4. The van der Waals surface area contributed by atoms with Gasteiger partial charge in [-0.25, -0.2) is 4.39 Å². The molecule has 1 N–H and O–H groups in total. The number of piperazine rings is 1. The minimum Gasteiger partial charge on any atom is -0.387 e. The van der Waals surface area contributed by atoms with E-state index >= 15 is 0 Å². The number of aliphatic hydroxyl groups excluding tert-OH is 1. The molecule has 4 rings (SSSR count). The highest BCUT2D eigenvalue weighted by Crippen LogP contribution is 2.27. The highest BCUT2D eigenvalue weighted by atomic mass is 19.1. The summed E-state index contributed by atoms with van der Waals surface area (Å²) in [7, 11) is 0. The van der Waals surface area contributed by atoms with Gasteiger partial charge in [-0.1, -0.05) is 30.3 Å². The van der Waals surface area contributed by atoms with Crippen LogP contribution < -0.4 is 4.90 Å². The van der Waals surface area contributed by atoms with Crippen LogP contribution in [0.5, 0.6) is 0 Å². The van der Waals surface area contributed by atoms with Gasteiger partial charge in [0.25, 0.3) is 0 Å². The second-order valence-corrected chi connectivity index (χ2v) is 7.92. The van der Waals surface area contributed by atoms with E-state index in [0.29, 0.717) is 13.1 Å². The van der Waals surface area contributed by atoms with Crippen LogP contribution in [0, 0.1) is 5.82 Å². The summed E-state index contributed by atoms with van der Waals surface area (Å²) in [4.78, 5) is 19.2. The van der Waals surface area contributed by atoms with Crippen LogP contribution in [-0.2, 0) is 11.2 Å². The number of carbonyl (C=O) groups excluding carboxylic acids is 1. The summed E-state index contributed by atoms with van der Waals surface area (Å²) >= 11 is 0. The minimum absolute atomic E-state index is 0.164. The van der Waals surface area contributed by atoms with Crippen LogP contribution in [-0.4, -0.2) is 66.6 Å². The van der Waals surface area contributed by atoms with Crippen molar-refractivity contribution in [2.75, 3.05) is 50.7 Å². The zero-order valence-electron chi connectivity index (χ0n) is 16.6. The molecule has 0 bridgehead atoms. The lowest BCUT2D eigenvalue weighted by molar-refractivity contribution is -0.120. The Hall–Kier alpha value is -2.28. The lowest BCUT2D eigenvalue weighted by atomic mass is 10.0. The van der Waals surface area contributed by atoms with Gasteiger partial charge in [0.15, 0.2) is 0 Å². The molecule has 2 heterocycles. The number of benzene rings is 2. The summed E-state index contributed by atoms with van der Waals surface area (Å²) in [6.45, 7) is 4.97. The van der Waals surface area contributed by atoms with Crippen molar-refractivity contribution < 1.29 is 14.3 Å². The van der Waals surface area contributed by atoms with Gasteiger partial charge in [-0.15, -0.1) is 0 Å². The normalized spacial score (nSPS) is 19.0. The van der Waals surface area contributed by atoms with Crippen LogP contribution in [0.3, 0.4) is 0 Å². The average molecular weight is 397 g/mol. The van der Waals surface area contributed by atoms with E-state index < -0.39 is 6.10 Å². The molecule has 0 radical (unpaired) electrons. The lowest BCUT2D eigenvalue weighted by Gasteiger charge is -2.37. The van der Waals surface area contributed by atoms with E-state index in [1.165, 1.54) is 17.7 Å². The molecular weight excluding hydrogens is 369 g/mol. The van der Waals surface area contributed by atoms with Gasteiger partial charge in [0.2, 0.25) is 5.91 Å². The molecule has 1 unspecified atom stereocenters. The first-order chi connectivity index (χ1) is 14.1. The molecule has 154 valence electrons. The molecule has 0 aromatic heterocycles. The van der Waals surface area contributed by atoms with Crippen molar-refractivity contribution in [1.29, 1.82) is 0 Å². The molecule has 2 aromatic rings. The predicted octanol–water partition coefficient (Wildman–Crippen LogP) is 2.46. The van der Waals surface area contributed by atoms with Crippen LogP contribution in [0.1, 0.15) is 23.7 Å². The number of para-hydroxylation sites is 1. The van der Waals surface area contributed by atoms with Gasteiger partial charge < -0.3 is 10.0 Å². The number of nitrogens with zero attached hydrogens (tertiary/aromatic N) is 3. The lowest BCUT2D eigenvalue weighted by Crippen LogP contribution is -2.51. The maximum absolute atomic E-state index is 13.0. The number of aliphatic hydroxyl groups is 1. The highest BCUT2D eigenvalue weighted by molar-refractivity contribution is 5.95. The quantitative estimate of drug-likeness (QED) is 0.842. The fraction of sp³-hybridized carbons (Fsp3) is 0.435. The Morgan fingerprint density at radius 1 is 0.966 bits per heavy atom. The Morgan fingerprint density at radius 3 is 2.41 bits per heavy atom. The first-order valence-corrected chi connectivity index (χ1v) is 10.4. The minimum atomic E-state index is -0.631. The third kappa shape index (κ3) is 4.83. The molecule has 1 fully saturated rings. The SMILES string of the molecule is O=C(CN1CCN(CC(O)c2ccc(F)cc2)CC1)N1CCCc2ccccc21. The van der Waals surface area contributed by atoms with E-state index in [0.717, 1.165) is 56.8 Å². The number of carbonyl (C=O) groups is 1. The topological polar surface area (TPSA) is 47.0 Å². The monoisotopic (exact) mass is 397 g/mol. The third-order valence-electron chi connectivity index (χ3n) is 5.92. The summed E-state index contributed by atoms with van der Waals surface area (Å²) in [6, 6.07) is 14.2. The number of hydrogen-bond donors (Lipinski definition) is 1. The molecule has 2 aliphatic rings. The molecule has 1 atom stereocenters. The van der Waals surface area contributed by atoms with E-state index in [1.54, 1.807) is 12.1 Å². The summed E-state index contributed by atoms with van der Waals surface area (Å²) < 4.78 is 13.0. The smallest absolute Gasteiger partial charge is 0.241 e. The number of anilines is 1. The molecule has 2 aromatic carbocycles. The molecular formula is C23H28FN3O2. The molecule has 29 heavy (non-hydrogen) atoms. The van der Waals surface area contributed by atoms with Gasteiger partial charge in [-0.3, -0.25) is 14.6 Å². The number of amides is 1. The van der Waals surface area contributed by atoms with Gasteiger partial charge in [0, 0.05) is 45.0 Å². The van der Waals surface area contributed by atoms with Crippen LogP contribution in [0.4, 0.5) is 10.1 Å². The zero-order valence-corrected chi connectivity index (χ0v) is 16.6. The summed E-state index contributed by atoms with van der Waals surface area (Å²) in [5.41, 5.74) is 3.05. The van der Waals surface area contributed by atoms with E-state index in [4.69, 9.17) is 0 Å². The van der Waals surface area contributed by atoms with Crippen molar-refractivity contribution in [2.24, 2.45) is 0 Å². The fourth-order valence-corrected chi connectivity index (χ4v) is 4.23. The molecule has 2 aliphatic heterocycles. The van der Waals surface area contributed by atoms with Gasteiger partial charge in [0.1, 0.15) is 5.82 Å². The zero-order chi connectivity index (χ0) is 20.2. The molecule has 1 saturated heterocycles. The number of hydrogen-bond acceptors (Lipinski definition) is 4. The van der Waals surface area contributed by atoms with Gasteiger partial charge in [-0.05, 0) is 42.2 Å². The van der Waals surface area contributed by atoms with E-state index in [-0.39, 0.29) is 11.7 Å². The van der Waals surface area contributed by atoms with E-state index in [2.05, 4.69) is 15.9 Å². The summed E-state index contributed by atoms with van der Waals surface area (Å²) in [5.74, 6) is -0.132. The first kappa shape index (κ1) is 20.0. The number of β-amino-alcohol motifs (C(OH)–C–C–N with tert-alkyl or cyclic N) is 1. The third-order valence-corrected chi connectivity index (χ3v) is 5.92. The van der Waals surface area contributed by atoms with Crippen molar-refractivity contribution in [2.45, 2.75) is 18.9 Å². The Balaban J connectivity index is 1.27. The Morgan fingerprint density at radius 2 is 1.66 bits per heavy atom. The summed E-state index contributed by atoms with van der Waals surface area (Å²) in [6.07, 6.45) is 1.42. The molecule has 5 nitrogen and oxygen atoms in total. The molecule has 0 spiro atoms. The van der Waals surface area contributed by atoms with Crippen LogP contribution >= 0.6 is 0 Å². The van der Waals surface area contributed by atoms with Gasteiger partial charge in [-0.2, -0.15) is 0 Å². The van der Waals surface area contributed by atoms with Gasteiger partial charge >= 0.3 is 0 Å². The second kappa shape index (κ2) is 9.03. The van der Waals surface area contributed by atoms with Crippen LogP contribution in [0.2, 0.25) is 0 Å². The number of rotatable bonds is 5. The first-order valence-electron chi connectivity index (χ1n) is 10.4. The van der Waals surface area contributed by atoms with E-state index in [1.807, 2.05) is 23.1 Å².